The lowest BCUT2D eigenvalue weighted by Crippen LogP contribution is -2.50. The topological polar surface area (TPSA) is 101 Å². The number of likely N-dealkylation sites (N-methyl/N-ethyl adjacent to an activating group) is 1. The average Bonchev–Trinajstić information content (AvgIpc) is 3.07. The molecule has 7 nitrogen and oxygen atoms in total. The molecule has 1 fully saturated rings. The van der Waals surface area contributed by atoms with Crippen LogP contribution >= 0.6 is 11.6 Å². The van der Waals surface area contributed by atoms with Crippen LogP contribution in [0.5, 0.6) is 5.75 Å². The van der Waals surface area contributed by atoms with Gasteiger partial charge in [0.1, 0.15) is 11.9 Å². The molecular weight excluding hydrogens is 445 g/mol. The molecule has 0 aliphatic carbocycles. The zero-order valence-corrected chi connectivity index (χ0v) is 18.1. The predicted octanol–water partition coefficient (Wildman–Crippen LogP) is 2.99. The molecule has 11 heteroatoms. The fourth-order valence-electron chi connectivity index (χ4n) is 3.99. The van der Waals surface area contributed by atoms with Gasteiger partial charge in [0, 0.05) is 22.7 Å². The molecule has 4 rings (SSSR count). The fourth-order valence-corrected chi connectivity index (χ4v) is 4.32. The maximum absolute atomic E-state index is 14.0. The molecule has 2 unspecified atom stereocenters. The number of hydrogen-bond donors (Lipinski definition) is 4. The van der Waals surface area contributed by atoms with Crippen LogP contribution in [0.3, 0.4) is 0 Å². The number of rotatable bonds is 4. The highest BCUT2D eigenvalue weighted by Crippen LogP contribution is 2.43. The Morgan fingerprint density at radius 2 is 1.97 bits per heavy atom. The van der Waals surface area contributed by atoms with Crippen molar-refractivity contribution in [3.8, 4) is 16.9 Å². The zero-order valence-electron chi connectivity index (χ0n) is 17.3. The molecule has 0 radical (unpaired) electrons. The third kappa shape index (κ3) is 4.63. The van der Waals surface area contributed by atoms with Crippen molar-refractivity contribution in [2.75, 3.05) is 20.1 Å². The van der Waals surface area contributed by atoms with Gasteiger partial charge in [0.25, 0.3) is 0 Å². The highest BCUT2D eigenvalue weighted by Gasteiger charge is 2.39. The van der Waals surface area contributed by atoms with E-state index in [0.29, 0.717) is 11.3 Å². The predicted molar refractivity (Wildman–Crippen MR) is 117 cm³/mol. The summed E-state index contributed by atoms with van der Waals surface area (Å²) in [6.07, 6.45) is -2.64. The first-order chi connectivity index (χ1) is 15.0. The molecule has 32 heavy (non-hydrogen) atoms. The van der Waals surface area contributed by atoms with Crippen LogP contribution in [-0.4, -0.2) is 37.1 Å². The number of benzene rings is 2. The van der Waals surface area contributed by atoms with Crippen LogP contribution in [0.4, 0.5) is 13.2 Å². The highest BCUT2D eigenvalue weighted by molar-refractivity contribution is 6.33. The van der Waals surface area contributed by atoms with Gasteiger partial charge in [-0.2, -0.15) is 18.6 Å². The van der Waals surface area contributed by atoms with Gasteiger partial charge in [-0.1, -0.05) is 23.7 Å². The normalized spacial score (nSPS) is 24.2. The smallest absolute Gasteiger partial charge is 0.417 e. The molecule has 172 valence electrons. The third-order valence-electron chi connectivity index (χ3n) is 5.54. The van der Waals surface area contributed by atoms with Gasteiger partial charge in [-0.25, -0.2) is 4.99 Å². The highest BCUT2D eigenvalue weighted by atomic mass is 35.5. The van der Waals surface area contributed by atoms with Gasteiger partial charge in [-0.05, 0) is 56.3 Å². The number of guanidine groups is 1. The Hall–Kier alpha value is -2.53. The van der Waals surface area contributed by atoms with Gasteiger partial charge in [0.2, 0.25) is 11.7 Å². The molecule has 2 aliphatic heterocycles. The second kappa shape index (κ2) is 8.43. The summed E-state index contributed by atoms with van der Waals surface area (Å²) in [6.45, 7) is 1.84. The van der Waals surface area contributed by atoms with E-state index in [2.05, 4.69) is 20.7 Å². The van der Waals surface area contributed by atoms with Crippen molar-refractivity contribution in [2.45, 2.75) is 30.9 Å². The largest absolute Gasteiger partial charge is 0.489 e. The summed E-state index contributed by atoms with van der Waals surface area (Å²) in [5.41, 5.74) is 15.9. The van der Waals surface area contributed by atoms with Gasteiger partial charge < -0.3 is 15.4 Å². The van der Waals surface area contributed by atoms with Crippen molar-refractivity contribution < 1.29 is 17.9 Å². The van der Waals surface area contributed by atoms with E-state index in [0.717, 1.165) is 32.0 Å². The molecule has 2 atom stereocenters. The van der Waals surface area contributed by atoms with E-state index >= 15 is 0 Å². The van der Waals surface area contributed by atoms with Gasteiger partial charge in [-0.15, -0.1) is 0 Å². The molecule has 2 heterocycles. The summed E-state index contributed by atoms with van der Waals surface area (Å²) in [4.78, 5) is 6.12. The molecule has 6 N–H and O–H groups in total. The van der Waals surface area contributed by atoms with E-state index in [4.69, 9.17) is 27.8 Å². The third-order valence-corrected chi connectivity index (χ3v) is 5.84. The maximum Gasteiger partial charge on any atom is 0.417 e. The Balaban J connectivity index is 1.67. The summed E-state index contributed by atoms with van der Waals surface area (Å²) in [5, 5.41) is -0.107. The van der Waals surface area contributed by atoms with E-state index in [1.165, 1.54) is 6.07 Å². The number of nitrogens with zero attached hydrogens (tertiary/aromatic N) is 2. The van der Waals surface area contributed by atoms with Gasteiger partial charge in [0.15, 0.2) is 0 Å². The molecule has 0 spiro atoms. The van der Waals surface area contributed by atoms with Gasteiger partial charge >= 0.3 is 6.18 Å². The molecule has 2 aromatic rings. The Morgan fingerprint density at radius 3 is 2.56 bits per heavy atom. The summed E-state index contributed by atoms with van der Waals surface area (Å²) in [7, 11) is 2.03. The number of likely N-dealkylation sites (tertiary alicyclic amines) is 1. The maximum atomic E-state index is 14.0. The number of alkyl halides is 3. The first-order valence-electron chi connectivity index (χ1n) is 10.1. The first kappa shape index (κ1) is 22.7. The number of halogens is 4. The zero-order chi connectivity index (χ0) is 23.1. The standard InChI is InChI=1S/C21H24ClF3N6O/c1-31-8-2-3-15(11-31)32-14-6-4-12(5-7-14)18-16(20(23,24)25)9-13(10-17(18)22)21(27)28-19(26)29-30-21/h4-7,9-10,15,30H,2-3,8,11,27H2,1H3,(H3,26,28,29). The van der Waals surface area contributed by atoms with Crippen LogP contribution in [-0.2, 0) is 12.0 Å². The van der Waals surface area contributed by atoms with Crippen molar-refractivity contribution in [3.63, 3.8) is 0 Å². The Bertz CT molecular complexity index is 1030. The Labute approximate surface area is 188 Å². The molecule has 0 aromatic heterocycles. The molecule has 0 bridgehead atoms. The second-order valence-corrected chi connectivity index (χ2v) is 8.47. The Morgan fingerprint density at radius 1 is 1.25 bits per heavy atom. The number of hydrazine groups is 1. The number of nitrogens with one attached hydrogen (secondary N) is 2. The van der Waals surface area contributed by atoms with Crippen LogP contribution in [0.15, 0.2) is 41.4 Å². The number of nitrogens with two attached hydrogens (primary N) is 2. The van der Waals surface area contributed by atoms with Crippen molar-refractivity contribution in [1.82, 2.24) is 15.8 Å². The average molecular weight is 469 g/mol. The van der Waals surface area contributed by atoms with Crippen molar-refractivity contribution in [3.05, 3.63) is 52.5 Å². The summed E-state index contributed by atoms with van der Waals surface area (Å²) >= 11 is 6.34. The lowest BCUT2D eigenvalue weighted by atomic mass is 9.95. The summed E-state index contributed by atoms with van der Waals surface area (Å²) in [5.74, 6) is -1.11. The lowest BCUT2D eigenvalue weighted by Gasteiger charge is -2.30. The number of ether oxygens (including phenoxy) is 1. The van der Waals surface area contributed by atoms with Crippen LogP contribution in [0.2, 0.25) is 5.02 Å². The van der Waals surface area contributed by atoms with Crippen LogP contribution in [0.25, 0.3) is 11.1 Å². The molecule has 2 aromatic carbocycles. The molecule has 0 amide bonds. The lowest BCUT2D eigenvalue weighted by molar-refractivity contribution is -0.137. The van der Waals surface area contributed by atoms with E-state index < -0.39 is 17.5 Å². The van der Waals surface area contributed by atoms with Crippen molar-refractivity contribution >= 4 is 17.6 Å². The summed E-state index contributed by atoms with van der Waals surface area (Å²) in [6, 6.07) is 8.74. The second-order valence-electron chi connectivity index (χ2n) is 8.06. The fraction of sp³-hybridized carbons (Fsp3) is 0.381. The van der Waals surface area contributed by atoms with Gasteiger partial charge in [-0.3, -0.25) is 11.2 Å². The van der Waals surface area contributed by atoms with Crippen LogP contribution in [0.1, 0.15) is 24.0 Å². The molecule has 1 saturated heterocycles. The van der Waals surface area contributed by atoms with Crippen LogP contribution < -0.4 is 27.1 Å². The van der Waals surface area contributed by atoms with Crippen LogP contribution in [0, 0.1) is 0 Å². The van der Waals surface area contributed by atoms with E-state index in [-0.39, 0.29) is 28.2 Å². The first-order valence-corrected chi connectivity index (χ1v) is 10.5. The molecule has 2 aliphatic rings. The van der Waals surface area contributed by atoms with E-state index in [9.17, 15) is 13.2 Å². The molecular formula is C21H24ClF3N6O. The van der Waals surface area contributed by atoms with Crippen molar-refractivity contribution in [2.24, 2.45) is 16.5 Å². The summed E-state index contributed by atoms with van der Waals surface area (Å²) < 4.78 is 47.9. The SMILES string of the molecule is CN1CCCC(Oc2ccc(-c3c(Cl)cc(C4(N)N=C(N)NN4)cc3C(F)(F)F)cc2)C1. The molecule has 0 saturated carbocycles. The minimum atomic E-state index is -4.67. The number of piperidine rings is 1. The monoisotopic (exact) mass is 468 g/mol. The van der Waals surface area contributed by atoms with E-state index in [1.807, 2.05) is 7.05 Å². The number of aliphatic imine (C=N–C) groups is 1. The minimum Gasteiger partial charge on any atom is -0.489 e. The van der Waals surface area contributed by atoms with E-state index in [1.54, 1.807) is 24.3 Å². The van der Waals surface area contributed by atoms with Crippen molar-refractivity contribution in [1.29, 1.82) is 0 Å². The quantitative estimate of drug-likeness (QED) is 0.550. The number of hydrogen-bond acceptors (Lipinski definition) is 7. The van der Waals surface area contributed by atoms with Gasteiger partial charge in [0.05, 0.1) is 5.56 Å². The Kier molecular flexibility index (Phi) is 5.97. The minimum absolute atomic E-state index is 0.0212.